The number of hydrogen-bond acceptors (Lipinski definition) is 2. The molecule has 2 aromatic carbocycles. The van der Waals surface area contributed by atoms with Gasteiger partial charge in [-0.05, 0) is 30.5 Å². The van der Waals surface area contributed by atoms with Crippen LogP contribution in [0, 0.1) is 5.92 Å². The molecular formula is C19H23NO3. The molecule has 1 N–H and O–H groups in total. The van der Waals surface area contributed by atoms with Crippen LogP contribution in [0.4, 0.5) is 10.5 Å². The molecule has 23 heavy (non-hydrogen) atoms. The summed E-state index contributed by atoms with van der Waals surface area (Å²) in [6, 6.07) is 15.5. The summed E-state index contributed by atoms with van der Waals surface area (Å²) in [5, 5.41) is 9.31. The van der Waals surface area contributed by atoms with Gasteiger partial charge in [-0.3, -0.25) is 4.90 Å². The van der Waals surface area contributed by atoms with Crippen molar-refractivity contribution in [2.24, 2.45) is 5.92 Å². The van der Waals surface area contributed by atoms with Crippen molar-refractivity contribution in [1.82, 2.24) is 0 Å². The third kappa shape index (κ3) is 4.25. The summed E-state index contributed by atoms with van der Waals surface area (Å²) in [4.78, 5) is 12.7. The summed E-state index contributed by atoms with van der Waals surface area (Å²) in [5.41, 5.74) is 2.64. The molecule has 0 spiro atoms. The molecule has 0 radical (unpaired) electrons. The zero-order valence-electron chi connectivity index (χ0n) is 13.8. The van der Waals surface area contributed by atoms with Gasteiger partial charge in [-0.15, -0.1) is 0 Å². The van der Waals surface area contributed by atoms with Gasteiger partial charge >= 0.3 is 6.09 Å². The highest BCUT2D eigenvalue weighted by atomic mass is 16.5. The molecule has 2 aromatic rings. The van der Waals surface area contributed by atoms with Gasteiger partial charge < -0.3 is 9.84 Å². The number of carbonyl (C=O) groups is 1. The lowest BCUT2D eigenvalue weighted by Gasteiger charge is -2.20. The van der Waals surface area contributed by atoms with Gasteiger partial charge in [0, 0.05) is 18.2 Å². The molecular weight excluding hydrogens is 290 g/mol. The number of ether oxygens (including phenoxy) is 1. The Morgan fingerprint density at radius 2 is 1.87 bits per heavy atom. The first kappa shape index (κ1) is 16.9. The van der Waals surface area contributed by atoms with E-state index in [2.05, 4.69) is 13.8 Å². The van der Waals surface area contributed by atoms with Crippen LogP contribution in [0.15, 0.2) is 48.5 Å². The molecule has 2 rings (SSSR count). The standard InChI is InChI=1S/C19H23NO3/c1-4-20(19(21)22)16-10-11-17(15-8-6-5-7-9-15)18(12-16)23-13-14(2)3/h5-12,14H,4,13H2,1-3H3,(H,21,22). The minimum Gasteiger partial charge on any atom is -0.493 e. The first-order valence-corrected chi connectivity index (χ1v) is 7.85. The van der Waals surface area contributed by atoms with Crippen LogP contribution in [0.2, 0.25) is 0 Å². The van der Waals surface area contributed by atoms with E-state index in [0.29, 0.717) is 30.5 Å². The van der Waals surface area contributed by atoms with Crippen molar-refractivity contribution in [3.05, 3.63) is 48.5 Å². The minimum atomic E-state index is -0.963. The topological polar surface area (TPSA) is 49.8 Å². The summed E-state index contributed by atoms with van der Waals surface area (Å²) in [7, 11) is 0. The molecule has 0 unspecified atom stereocenters. The summed E-state index contributed by atoms with van der Waals surface area (Å²) >= 11 is 0. The van der Waals surface area contributed by atoms with Crippen LogP contribution >= 0.6 is 0 Å². The number of rotatable bonds is 6. The van der Waals surface area contributed by atoms with E-state index < -0.39 is 6.09 Å². The normalized spacial score (nSPS) is 10.6. The van der Waals surface area contributed by atoms with Gasteiger partial charge in [0.25, 0.3) is 0 Å². The van der Waals surface area contributed by atoms with Crippen LogP contribution in [-0.2, 0) is 0 Å². The molecule has 0 aliphatic heterocycles. The van der Waals surface area contributed by atoms with E-state index in [9.17, 15) is 9.90 Å². The average Bonchev–Trinajstić information content (AvgIpc) is 2.54. The Morgan fingerprint density at radius 1 is 1.17 bits per heavy atom. The second-order valence-corrected chi connectivity index (χ2v) is 5.78. The van der Waals surface area contributed by atoms with Crippen LogP contribution in [0.5, 0.6) is 5.75 Å². The fraction of sp³-hybridized carbons (Fsp3) is 0.316. The van der Waals surface area contributed by atoms with Gasteiger partial charge in [0.1, 0.15) is 5.75 Å². The summed E-state index contributed by atoms with van der Waals surface area (Å²) in [5.74, 6) is 1.10. The van der Waals surface area contributed by atoms with Crippen LogP contribution in [0.3, 0.4) is 0 Å². The van der Waals surface area contributed by atoms with E-state index in [1.165, 1.54) is 4.90 Å². The third-order valence-corrected chi connectivity index (χ3v) is 3.48. The molecule has 0 heterocycles. The molecule has 0 aromatic heterocycles. The second-order valence-electron chi connectivity index (χ2n) is 5.78. The predicted molar refractivity (Wildman–Crippen MR) is 93.3 cm³/mol. The average molecular weight is 313 g/mol. The lowest BCUT2D eigenvalue weighted by molar-refractivity contribution is 0.202. The van der Waals surface area contributed by atoms with Gasteiger partial charge in [-0.25, -0.2) is 4.79 Å². The highest BCUT2D eigenvalue weighted by Crippen LogP contribution is 2.34. The first-order valence-electron chi connectivity index (χ1n) is 7.85. The molecule has 1 amide bonds. The number of hydrogen-bond donors (Lipinski definition) is 1. The maximum Gasteiger partial charge on any atom is 0.411 e. The molecule has 4 nitrogen and oxygen atoms in total. The molecule has 0 saturated carbocycles. The maximum atomic E-state index is 11.3. The Morgan fingerprint density at radius 3 is 2.43 bits per heavy atom. The molecule has 4 heteroatoms. The van der Waals surface area contributed by atoms with Crippen molar-refractivity contribution >= 4 is 11.8 Å². The quantitative estimate of drug-likeness (QED) is 0.825. The Kier molecular flexibility index (Phi) is 5.63. The van der Waals surface area contributed by atoms with Crippen molar-refractivity contribution in [3.63, 3.8) is 0 Å². The van der Waals surface area contributed by atoms with Crippen molar-refractivity contribution in [2.75, 3.05) is 18.1 Å². The lowest BCUT2D eigenvalue weighted by Crippen LogP contribution is -2.28. The molecule has 0 bridgehead atoms. The smallest absolute Gasteiger partial charge is 0.411 e. The molecule has 0 atom stereocenters. The van der Waals surface area contributed by atoms with Gasteiger partial charge in [0.2, 0.25) is 0 Å². The molecule has 0 aliphatic rings. The van der Waals surface area contributed by atoms with Crippen LogP contribution in [0.25, 0.3) is 11.1 Å². The van der Waals surface area contributed by atoms with Gasteiger partial charge in [0.15, 0.2) is 0 Å². The Hall–Kier alpha value is -2.49. The van der Waals surface area contributed by atoms with E-state index in [1.54, 1.807) is 0 Å². The van der Waals surface area contributed by atoms with Crippen LogP contribution < -0.4 is 9.64 Å². The van der Waals surface area contributed by atoms with Crippen LogP contribution in [0.1, 0.15) is 20.8 Å². The van der Waals surface area contributed by atoms with E-state index in [4.69, 9.17) is 4.74 Å². The predicted octanol–water partition coefficient (Wildman–Crippen LogP) is 4.89. The summed E-state index contributed by atoms with van der Waals surface area (Å²) in [6.07, 6.45) is -0.963. The van der Waals surface area contributed by atoms with Crippen molar-refractivity contribution < 1.29 is 14.6 Å². The highest BCUT2D eigenvalue weighted by molar-refractivity contribution is 5.87. The Balaban J connectivity index is 2.44. The Labute approximate surface area is 137 Å². The fourth-order valence-electron chi connectivity index (χ4n) is 2.34. The summed E-state index contributed by atoms with van der Waals surface area (Å²) < 4.78 is 5.95. The van der Waals surface area contributed by atoms with E-state index in [-0.39, 0.29) is 0 Å². The molecule has 122 valence electrons. The van der Waals surface area contributed by atoms with E-state index in [1.807, 2.05) is 55.5 Å². The lowest BCUT2D eigenvalue weighted by atomic mass is 10.0. The van der Waals surface area contributed by atoms with Crippen LogP contribution in [-0.4, -0.2) is 24.4 Å². The minimum absolute atomic E-state index is 0.392. The first-order chi connectivity index (χ1) is 11.0. The second kappa shape index (κ2) is 7.68. The number of anilines is 1. The van der Waals surface area contributed by atoms with Crippen molar-refractivity contribution in [1.29, 1.82) is 0 Å². The van der Waals surface area contributed by atoms with Gasteiger partial charge in [-0.2, -0.15) is 0 Å². The monoisotopic (exact) mass is 313 g/mol. The SMILES string of the molecule is CCN(C(=O)O)c1ccc(-c2ccccc2)c(OCC(C)C)c1. The number of nitrogens with zero attached hydrogens (tertiary/aromatic N) is 1. The van der Waals surface area contributed by atoms with Gasteiger partial charge in [0.05, 0.1) is 12.3 Å². The number of carboxylic acid groups (broad SMARTS) is 1. The Bertz CT molecular complexity index is 653. The summed E-state index contributed by atoms with van der Waals surface area (Å²) in [6.45, 7) is 6.96. The molecule has 0 aliphatic carbocycles. The zero-order chi connectivity index (χ0) is 16.8. The van der Waals surface area contributed by atoms with E-state index >= 15 is 0 Å². The van der Waals surface area contributed by atoms with Crippen molar-refractivity contribution in [2.45, 2.75) is 20.8 Å². The maximum absolute atomic E-state index is 11.3. The number of amides is 1. The number of benzene rings is 2. The largest absolute Gasteiger partial charge is 0.493 e. The highest BCUT2D eigenvalue weighted by Gasteiger charge is 2.15. The molecule has 0 saturated heterocycles. The third-order valence-electron chi connectivity index (χ3n) is 3.48. The van der Waals surface area contributed by atoms with Gasteiger partial charge in [-0.1, -0.05) is 44.2 Å². The van der Waals surface area contributed by atoms with Crippen molar-refractivity contribution in [3.8, 4) is 16.9 Å². The fourth-order valence-corrected chi connectivity index (χ4v) is 2.34. The molecule has 0 fully saturated rings. The zero-order valence-corrected chi connectivity index (χ0v) is 13.8. The van der Waals surface area contributed by atoms with E-state index in [0.717, 1.165) is 11.1 Å².